The van der Waals surface area contributed by atoms with E-state index >= 15 is 0 Å². The van der Waals surface area contributed by atoms with E-state index in [2.05, 4.69) is 33.8 Å². The van der Waals surface area contributed by atoms with Crippen molar-refractivity contribution in [2.45, 2.75) is 162 Å². The van der Waals surface area contributed by atoms with E-state index in [0.717, 1.165) is 69.3 Å². The monoisotopic (exact) mass is 853 g/mol. The third-order valence-corrected chi connectivity index (χ3v) is 10.7. The lowest BCUT2D eigenvalue weighted by Gasteiger charge is -2.24. The Labute approximate surface area is 355 Å². The van der Waals surface area contributed by atoms with Crippen LogP contribution in [0.1, 0.15) is 139 Å². The summed E-state index contributed by atoms with van der Waals surface area (Å²) in [5.74, 6) is 1.12. The van der Waals surface area contributed by atoms with Gasteiger partial charge in [0.1, 0.15) is 31.3 Å². The minimum absolute atomic E-state index is 0.0171. The SMILES string of the molecule is CCCCC/C=C\C[C@@H](O)/C=C/C=C/C=C\[C@@H](O)CCCC(=O)OC[C@H](COP(=O)(O)OCC[N+](C)(C)C)OC(=O)CCCCCCCCc1oc(CCC)c(C)c1C. The summed E-state index contributed by atoms with van der Waals surface area (Å²) in [7, 11) is 1.30. The molecule has 1 heterocycles. The molecule has 0 amide bonds. The van der Waals surface area contributed by atoms with Crippen molar-refractivity contribution in [2.75, 3.05) is 47.5 Å². The van der Waals surface area contributed by atoms with Crippen LogP contribution >= 0.6 is 7.82 Å². The number of esters is 2. The smallest absolute Gasteiger partial charge is 0.466 e. The van der Waals surface area contributed by atoms with E-state index in [0.29, 0.717) is 36.7 Å². The van der Waals surface area contributed by atoms with Crippen molar-refractivity contribution >= 4 is 19.8 Å². The molecule has 0 aliphatic rings. The Morgan fingerprint density at radius 1 is 0.729 bits per heavy atom. The summed E-state index contributed by atoms with van der Waals surface area (Å²) in [6, 6.07) is 0. The maximum absolute atomic E-state index is 12.8. The second-order valence-electron chi connectivity index (χ2n) is 16.4. The van der Waals surface area contributed by atoms with Gasteiger partial charge in [-0.3, -0.25) is 18.6 Å². The number of rotatable bonds is 35. The number of unbranched alkanes of at least 4 members (excludes halogenated alkanes) is 8. The minimum atomic E-state index is -4.45. The molecule has 13 heteroatoms. The van der Waals surface area contributed by atoms with Crippen LogP contribution in [0.2, 0.25) is 0 Å². The number of phosphoric acid groups is 1. The van der Waals surface area contributed by atoms with Gasteiger partial charge in [-0.2, -0.15) is 0 Å². The molecule has 1 unspecified atom stereocenters. The highest BCUT2D eigenvalue weighted by Gasteiger charge is 2.27. The number of hydrogen-bond donors (Lipinski definition) is 3. The maximum atomic E-state index is 12.8. The van der Waals surface area contributed by atoms with E-state index in [1.807, 2.05) is 27.2 Å². The zero-order valence-corrected chi connectivity index (χ0v) is 38.3. The van der Waals surface area contributed by atoms with Crippen molar-refractivity contribution in [3.8, 4) is 0 Å². The number of hydrogen-bond acceptors (Lipinski definition) is 10. The van der Waals surface area contributed by atoms with Crippen molar-refractivity contribution in [1.29, 1.82) is 0 Å². The molecular formula is C46H79NO11P+. The Morgan fingerprint density at radius 2 is 1.36 bits per heavy atom. The fourth-order valence-corrected chi connectivity index (χ4v) is 6.70. The summed E-state index contributed by atoms with van der Waals surface area (Å²) >= 11 is 0. The number of phosphoric ester groups is 1. The summed E-state index contributed by atoms with van der Waals surface area (Å²) in [4.78, 5) is 35.5. The predicted molar refractivity (Wildman–Crippen MR) is 235 cm³/mol. The van der Waals surface area contributed by atoms with Gasteiger partial charge in [0, 0.05) is 25.7 Å². The largest absolute Gasteiger partial charge is 0.472 e. The van der Waals surface area contributed by atoms with Crippen LogP contribution in [0.15, 0.2) is 53.0 Å². The van der Waals surface area contributed by atoms with Gasteiger partial charge in [-0.1, -0.05) is 101 Å². The third kappa shape index (κ3) is 29.1. The van der Waals surface area contributed by atoms with Crippen molar-refractivity contribution in [1.82, 2.24) is 0 Å². The fourth-order valence-electron chi connectivity index (χ4n) is 5.96. The zero-order valence-electron chi connectivity index (χ0n) is 37.4. The van der Waals surface area contributed by atoms with Crippen LogP contribution in [0.25, 0.3) is 0 Å². The first-order chi connectivity index (χ1) is 28.1. The summed E-state index contributed by atoms with van der Waals surface area (Å²) < 4.78 is 40.2. The quantitative estimate of drug-likeness (QED) is 0.0149. The van der Waals surface area contributed by atoms with E-state index in [4.69, 9.17) is 22.9 Å². The van der Waals surface area contributed by atoms with Crippen molar-refractivity contribution in [3.63, 3.8) is 0 Å². The molecule has 0 aliphatic heterocycles. The summed E-state index contributed by atoms with van der Waals surface area (Å²) in [6.07, 6.45) is 26.6. The number of allylic oxidation sites excluding steroid dienone is 5. The maximum Gasteiger partial charge on any atom is 0.472 e. The van der Waals surface area contributed by atoms with E-state index < -0.39 is 44.7 Å². The van der Waals surface area contributed by atoms with Gasteiger partial charge in [-0.15, -0.1) is 0 Å². The summed E-state index contributed by atoms with van der Waals surface area (Å²) in [5.41, 5.74) is 2.54. The Kier molecular flexibility index (Phi) is 29.4. The van der Waals surface area contributed by atoms with Gasteiger partial charge in [0.15, 0.2) is 6.10 Å². The number of ether oxygens (including phenoxy) is 2. The van der Waals surface area contributed by atoms with E-state index in [1.165, 1.54) is 30.4 Å². The molecule has 1 aromatic rings. The number of aliphatic hydroxyl groups is 2. The number of carbonyl (C=O) groups is 2. The van der Waals surface area contributed by atoms with Crippen LogP contribution in [0, 0.1) is 13.8 Å². The molecule has 3 N–H and O–H groups in total. The van der Waals surface area contributed by atoms with Gasteiger partial charge in [0.2, 0.25) is 0 Å². The number of quaternary nitrogens is 1. The van der Waals surface area contributed by atoms with Crippen LogP contribution in [0.4, 0.5) is 0 Å². The highest BCUT2D eigenvalue weighted by Crippen LogP contribution is 2.43. The molecule has 0 fully saturated rings. The molecule has 338 valence electrons. The van der Waals surface area contributed by atoms with Gasteiger partial charge in [-0.25, -0.2) is 4.57 Å². The molecule has 4 atom stereocenters. The third-order valence-electron chi connectivity index (χ3n) is 9.72. The van der Waals surface area contributed by atoms with Gasteiger partial charge in [0.25, 0.3) is 0 Å². The number of carbonyl (C=O) groups excluding carboxylic acids is 2. The second-order valence-corrected chi connectivity index (χ2v) is 17.8. The van der Waals surface area contributed by atoms with Crippen LogP contribution in [0.5, 0.6) is 0 Å². The fraction of sp³-hybridized carbons (Fsp3) is 0.696. The standard InChI is InChI=1S/C46H78NO11P/c1-8-10-11-12-15-20-27-40(48)28-21-18-19-22-29-41(49)30-25-33-45(50)54-36-42(37-56-59(52,53)55-35-34-47(5,6)7)57-46(51)32-24-17-14-13-16-23-31-44-39(4)38(3)43(58-44)26-9-2/h15,18-22,28-29,40-42,48-49H,8-14,16-17,23-27,30-37H2,1-7H3/p+1/b19-18+,20-15-,28-21+,29-22-/t40-,41-,42-/m1/s1. The Hall–Kier alpha value is -2.83. The van der Waals surface area contributed by atoms with Crippen LogP contribution in [0.3, 0.4) is 0 Å². The number of aryl methyl sites for hydroxylation is 2. The Morgan fingerprint density at radius 3 is 2.02 bits per heavy atom. The molecule has 0 saturated carbocycles. The molecule has 0 spiro atoms. The van der Waals surface area contributed by atoms with Gasteiger partial charge in [0.05, 0.1) is 40.0 Å². The number of nitrogens with zero attached hydrogens (tertiary/aromatic N) is 1. The van der Waals surface area contributed by atoms with Crippen molar-refractivity contribution < 1.29 is 56.7 Å². The highest BCUT2D eigenvalue weighted by atomic mass is 31.2. The average Bonchev–Trinajstić information content (AvgIpc) is 3.43. The summed E-state index contributed by atoms with van der Waals surface area (Å²) in [5, 5.41) is 20.3. The first kappa shape index (κ1) is 54.2. The number of aliphatic hydroxyl groups excluding tert-OH is 2. The molecule has 12 nitrogen and oxygen atoms in total. The predicted octanol–water partition coefficient (Wildman–Crippen LogP) is 9.50. The molecule has 1 aromatic heterocycles. The zero-order chi connectivity index (χ0) is 43.9. The Balaban J connectivity index is 2.49. The average molecular weight is 853 g/mol. The van der Waals surface area contributed by atoms with Crippen molar-refractivity contribution in [3.05, 3.63) is 71.3 Å². The topological polar surface area (TPSA) is 162 Å². The normalized spacial score (nSPS) is 15.1. The van der Waals surface area contributed by atoms with E-state index in [1.54, 1.807) is 36.5 Å². The van der Waals surface area contributed by atoms with E-state index in [9.17, 15) is 29.3 Å². The number of furan rings is 1. The van der Waals surface area contributed by atoms with Gasteiger partial charge >= 0.3 is 19.8 Å². The molecule has 1 rings (SSSR count). The molecular weight excluding hydrogens is 773 g/mol. The van der Waals surface area contributed by atoms with Crippen LogP contribution in [-0.4, -0.2) is 97.3 Å². The molecule has 0 saturated heterocycles. The molecule has 0 aromatic carbocycles. The lowest BCUT2D eigenvalue weighted by atomic mass is 10.0. The molecule has 0 radical (unpaired) electrons. The first-order valence-electron chi connectivity index (χ1n) is 21.9. The van der Waals surface area contributed by atoms with Crippen LogP contribution in [-0.2, 0) is 45.5 Å². The Bertz CT molecular complexity index is 1460. The van der Waals surface area contributed by atoms with Crippen molar-refractivity contribution in [2.24, 2.45) is 0 Å². The molecule has 0 aliphatic carbocycles. The first-order valence-corrected chi connectivity index (χ1v) is 23.4. The number of likely N-dealkylation sites (N-methyl/N-ethyl adjacent to an activating group) is 1. The van der Waals surface area contributed by atoms with Gasteiger partial charge < -0.3 is 33.5 Å². The minimum Gasteiger partial charge on any atom is -0.466 e. The molecule has 59 heavy (non-hydrogen) atoms. The van der Waals surface area contributed by atoms with Gasteiger partial charge in [-0.05, 0) is 76.3 Å². The van der Waals surface area contributed by atoms with E-state index in [-0.39, 0.29) is 26.1 Å². The lowest BCUT2D eigenvalue weighted by Crippen LogP contribution is -2.37. The summed E-state index contributed by atoms with van der Waals surface area (Å²) in [6.45, 7) is 8.19. The van der Waals surface area contributed by atoms with Crippen LogP contribution < -0.4 is 0 Å². The lowest BCUT2D eigenvalue weighted by molar-refractivity contribution is -0.870. The molecule has 0 bridgehead atoms. The second kappa shape index (κ2) is 32.0. The highest BCUT2D eigenvalue weighted by molar-refractivity contribution is 7.47.